The van der Waals surface area contributed by atoms with E-state index >= 15 is 0 Å². The maximum absolute atomic E-state index is 13.6. The van der Waals surface area contributed by atoms with Crippen molar-refractivity contribution in [3.05, 3.63) is 57.8 Å². The van der Waals surface area contributed by atoms with Crippen molar-refractivity contribution in [2.45, 2.75) is 6.04 Å². The molecule has 2 rings (SSSR count). The van der Waals surface area contributed by atoms with E-state index in [4.69, 9.17) is 9.47 Å². The van der Waals surface area contributed by atoms with Gasteiger partial charge in [-0.15, -0.1) is 0 Å². The Morgan fingerprint density at radius 3 is 2.00 bits per heavy atom. The van der Waals surface area contributed by atoms with Gasteiger partial charge >= 0.3 is 0 Å². The van der Waals surface area contributed by atoms with Gasteiger partial charge in [-0.05, 0) is 48.5 Å². The Balaban J connectivity index is 2.49. The standard InChI is InChI=1S/C16H17BrFNO2/c1-19-16(10-4-12(17)8-13(18)5-10)11-6-14(20-2)9-15(7-11)21-3/h4-9,16,19H,1-3H3. The molecule has 0 spiro atoms. The second-order valence-corrected chi connectivity index (χ2v) is 5.49. The van der Waals surface area contributed by atoms with E-state index < -0.39 is 0 Å². The summed E-state index contributed by atoms with van der Waals surface area (Å²) in [5.74, 6) is 1.11. The minimum absolute atomic E-state index is 0.166. The van der Waals surface area contributed by atoms with Crippen molar-refractivity contribution in [2.24, 2.45) is 0 Å². The van der Waals surface area contributed by atoms with E-state index in [1.807, 2.05) is 25.2 Å². The number of nitrogens with one attached hydrogen (secondary N) is 1. The van der Waals surface area contributed by atoms with Crippen LogP contribution in [0.1, 0.15) is 17.2 Å². The van der Waals surface area contributed by atoms with Gasteiger partial charge < -0.3 is 14.8 Å². The summed E-state index contributed by atoms with van der Waals surface area (Å²) in [6.07, 6.45) is 0. The first-order valence-electron chi connectivity index (χ1n) is 6.43. The average Bonchev–Trinajstić information content (AvgIpc) is 2.46. The van der Waals surface area contributed by atoms with E-state index in [0.29, 0.717) is 16.0 Å². The molecule has 3 nitrogen and oxygen atoms in total. The monoisotopic (exact) mass is 353 g/mol. The SMILES string of the molecule is CNC(c1cc(F)cc(Br)c1)c1cc(OC)cc(OC)c1. The first-order chi connectivity index (χ1) is 10.1. The third-order valence-electron chi connectivity index (χ3n) is 3.21. The molecule has 1 atom stereocenters. The zero-order valence-corrected chi connectivity index (χ0v) is 13.7. The molecule has 0 radical (unpaired) electrons. The van der Waals surface area contributed by atoms with Crippen LogP contribution in [0, 0.1) is 5.82 Å². The van der Waals surface area contributed by atoms with Crippen LogP contribution in [0.2, 0.25) is 0 Å². The minimum Gasteiger partial charge on any atom is -0.497 e. The van der Waals surface area contributed by atoms with E-state index in [1.165, 1.54) is 12.1 Å². The highest BCUT2D eigenvalue weighted by atomic mass is 79.9. The summed E-state index contributed by atoms with van der Waals surface area (Å²) in [4.78, 5) is 0. The molecule has 0 saturated heterocycles. The molecule has 0 aliphatic carbocycles. The Kier molecular flexibility index (Phi) is 5.20. The Morgan fingerprint density at radius 2 is 1.52 bits per heavy atom. The number of benzene rings is 2. The number of ether oxygens (including phenoxy) is 2. The van der Waals surface area contributed by atoms with Crippen molar-refractivity contribution in [1.82, 2.24) is 5.32 Å². The van der Waals surface area contributed by atoms with Crippen molar-refractivity contribution in [3.8, 4) is 11.5 Å². The molecule has 1 unspecified atom stereocenters. The van der Waals surface area contributed by atoms with Crippen LogP contribution in [0.15, 0.2) is 40.9 Å². The van der Waals surface area contributed by atoms with Crippen LogP contribution >= 0.6 is 15.9 Å². The maximum Gasteiger partial charge on any atom is 0.124 e. The van der Waals surface area contributed by atoms with Gasteiger partial charge in [0.05, 0.1) is 20.3 Å². The summed E-state index contributed by atoms with van der Waals surface area (Å²) >= 11 is 3.32. The fourth-order valence-electron chi connectivity index (χ4n) is 2.26. The number of halogens is 2. The predicted molar refractivity (Wildman–Crippen MR) is 84.5 cm³/mol. The first kappa shape index (κ1) is 15.8. The summed E-state index contributed by atoms with van der Waals surface area (Å²) in [5, 5.41) is 3.19. The molecule has 0 saturated carbocycles. The van der Waals surface area contributed by atoms with Gasteiger partial charge in [0.1, 0.15) is 17.3 Å². The molecule has 0 aromatic heterocycles. The first-order valence-corrected chi connectivity index (χ1v) is 7.23. The van der Waals surface area contributed by atoms with E-state index in [9.17, 15) is 4.39 Å². The van der Waals surface area contributed by atoms with E-state index in [-0.39, 0.29) is 11.9 Å². The largest absolute Gasteiger partial charge is 0.497 e. The number of hydrogen-bond acceptors (Lipinski definition) is 3. The third kappa shape index (κ3) is 3.74. The predicted octanol–water partition coefficient (Wildman–Crippen LogP) is 3.91. The molecule has 0 fully saturated rings. The Hall–Kier alpha value is -1.59. The van der Waals surface area contributed by atoms with Crippen LogP contribution in [0.3, 0.4) is 0 Å². The number of methoxy groups -OCH3 is 2. The second-order valence-electron chi connectivity index (χ2n) is 4.57. The summed E-state index contributed by atoms with van der Waals surface area (Å²) in [6.45, 7) is 0. The van der Waals surface area contributed by atoms with Crippen molar-refractivity contribution < 1.29 is 13.9 Å². The third-order valence-corrected chi connectivity index (χ3v) is 3.67. The molecule has 5 heteroatoms. The number of rotatable bonds is 5. The molecular formula is C16H17BrFNO2. The lowest BCUT2D eigenvalue weighted by Crippen LogP contribution is -2.18. The zero-order valence-electron chi connectivity index (χ0n) is 12.1. The molecule has 0 bridgehead atoms. The van der Waals surface area contributed by atoms with E-state index in [0.717, 1.165) is 11.1 Å². The Bertz CT molecular complexity index is 591. The van der Waals surface area contributed by atoms with Crippen LogP contribution in [-0.4, -0.2) is 21.3 Å². The highest BCUT2D eigenvalue weighted by Crippen LogP contribution is 2.31. The number of hydrogen-bond donors (Lipinski definition) is 1. The molecule has 2 aromatic carbocycles. The van der Waals surface area contributed by atoms with Gasteiger partial charge in [0.2, 0.25) is 0 Å². The van der Waals surface area contributed by atoms with Gasteiger partial charge in [0, 0.05) is 10.5 Å². The molecule has 21 heavy (non-hydrogen) atoms. The van der Waals surface area contributed by atoms with Crippen molar-refractivity contribution in [1.29, 1.82) is 0 Å². The van der Waals surface area contributed by atoms with Gasteiger partial charge in [0.25, 0.3) is 0 Å². The lowest BCUT2D eigenvalue weighted by Gasteiger charge is -2.19. The van der Waals surface area contributed by atoms with Gasteiger partial charge in [-0.2, -0.15) is 0 Å². The molecule has 0 amide bonds. The molecule has 1 N–H and O–H groups in total. The van der Waals surface area contributed by atoms with Crippen LogP contribution in [0.4, 0.5) is 4.39 Å². The molecule has 0 aliphatic heterocycles. The summed E-state index contributed by atoms with van der Waals surface area (Å²) in [7, 11) is 5.03. The van der Waals surface area contributed by atoms with Crippen molar-refractivity contribution >= 4 is 15.9 Å². The van der Waals surface area contributed by atoms with Crippen molar-refractivity contribution in [3.63, 3.8) is 0 Å². The highest BCUT2D eigenvalue weighted by molar-refractivity contribution is 9.10. The fraction of sp³-hybridized carbons (Fsp3) is 0.250. The van der Waals surface area contributed by atoms with Crippen LogP contribution in [0.5, 0.6) is 11.5 Å². The molecule has 0 aliphatic rings. The van der Waals surface area contributed by atoms with Gasteiger partial charge in [-0.1, -0.05) is 15.9 Å². The maximum atomic E-state index is 13.6. The normalized spacial score (nSPS) is 12.0. The zero-order chi connectivity index (χ0) is 15.4. The quantitative estimate of drug-likeness (QED) is 0.883. The van der Waals surface area contributed by atoms with Gasteiger partial charge in [-0.3, -0.25) is 0 Å². The molecule has 2 aromatic rings. The fourth-order valence-corrected chi connectivity index (χ4v) is 2.75. The lowest BCUT2D eigenvalue weighted by molar-refractivity contribution is 0.392. The summed E-state index contributed by atoms with van der Waals surface area (Å²) in [5.41, 5.74) is 1.76. The smallest absolute Gasteiger partial charge is 0.124 e. The lowest BCUT2D eigenvalue weighted by atomic mass is 9.98. The van der Waals surface area contributed by atoms with Gasteiger partial charge in [-0.25, -0.2) is 4.39 Å². The van der Waals surface area contributed by atoms with Crippen LogP contribution in [-0.2, 0) is 0 Å². The van der Waals surface area contributed by atoms with Gasteiger partial charge in [0.15, 0.2) is 0 Å². The minimum atomic E-state index is -0.283. The highest BCUT2D eigenvalue weighted by Gasteiger charge is 2.16. The molecule has 112 valence electrons. The second kappa shape index (κ2) is 6.91. The van der Waals surface area contributed by atoms with Crippen molar-refractivity contribution in [2.75, 3.05) is 21.3 Å². The Morgan fingerprint density at radius 1 is 0.952 bits per heavy atom. The topological polar surface area (TPSA) is 30.5 Å². The van der Waals surface area contributed by atoms with Crippen LogP contribution in [0.25, 0.3) is 0 Å². The summed E-state index contributed by atoms with van der Waals surface area (Å²) in [6, 6.07) is 10.3. The van der Waals surface area contributed by atoms with E-state index in [2.05, 4.69) is 21.2 Å². The summed E-state index contributed by atoms with van der Waals surface area (Å²) < 4.78 is 24.9. The molecular weight excluding hydrogens is 337 g/mol. The van der Waals surface area contributed by atoms with Crippen LogP contribution < -0.4 is 14.8 Å². The molecule has 0 heterocycles. The van der Waals surface area contributed by atoms with E-state index in [1.54, 1.807) is 20.3 Å². The Labute approximate surface area is 132 Å². The average molecular weight is 354 g/mol.